The molecule has 2 aliphatic carbocycles. The van der Waals surface area contributed by atoms with Gasteiger partial charge in [0.15, 0.2) is 5.09 Å². The second kappa shape index (κ2) is 4.49. The molecule has 0 aromatic carbocycles. The molecule has 1 aromatic heterocycles. The summed E-state index contributed by atoms with van der Waals surface area (Å²) in [4.78, 5) is 0.892. The van der Waals surface area contributed by atoms with E-state index in [4.69, 9.17) is 4.42 Å². The summed E-state index contributed by atoms with van der Waals surface area (Å²) in [6.07, 6.45) is 11.1. The highest BCUT2D eigenvalue weighted by Crippen LogP contribution is 2.48. The third-order valence-electron chi connectivity index (χ3n) is 3.57. The number of hydrogen-bond donors (Lipinski definition) is 1. The highest BCUT2D eigenvalue weighted by atomic mass is 32.2. The SMILES string of the molecule is Cc1ccc(SC2=C3C=CC=CC3(C)CC=C2O)o1. The van der Waals surface area contributed by atoms with E-state index in [0.717, 1.165) is 27.8 Å². The van der Waals surface area contributed by atoms with E-state index in [1.165, 1.54) is 11.8 Å². The van der Waals surface area contributed by atoms with Gasteiger partial charge in [-0.3, -0.25) is 0 Å². The summed E-state index contributed by atoms with van der Waals surface area (Å²) < 4.78 is 5.60. The Morgan fingerprint density at radius 1 is 1.32 bits per heavy atom. The van der Waals surface area contributed by atoms with Crippen LogP contribution in [0.3, 0.4) is 0 Å². The zero-order valence-electron chi connectivity index (χ0n) is 11.0. The van der Waals surface area contributed by atoms with Gasteiger partial charge in [-0.2, -0.15) is 0 Å². The molecule has 1 unspecified atom stereocenters. The van der Waals surface area contributed by atoms with Gasteiger partial charge in [0.05, 0.1) is 4.91 Å². The zero-order valence-corrected chi connectivity index (χ0v) is 11.8. The van der Waals surface area contributed by atoms with Crippen LogP contribution in [0.1, 0.15) is 19.1 Å². The van der Waals surface area contributed by atoms with Crippen LogP contribution >= 0.6 is 11.8 Å². The summed E-state index contributed by atoms with van der Waals surface area (Å²) in [5, 5.41) is 11.0. The van der Waals surface area contributed by atoms with E-state index in [1.54, 1.807) is 0 Å². The highest BCUT2D eigenvalue weighted by Gasteiger charge is 2.33. The van der Waals surface area contributed by atoms with Crippen LogP contribution in [0, 0.1) is 12.3 Å². The average molecular weight is 272 g/mol. The van der Waals surface area contributed by atoms with Crippen LogP contribution in [-0.4, -0.2) is 5.11 Å². The van der Waals surface area contributed by atoms with Crippen molar-refractivity contribution in [2.75, 3.05) is 0 Å². The smallest absolute Gasteiger partial charge is 0.165 e. The second-order valence-electron chi connectivity index (χ2n) is 5.14. The number of furan rings is 1. The summed E-state index contributed by atoms with van der Waals surface area (Å²) in [7, 11) is 0. The van der Waals surface area contributed by atoms with Crippen LogP contribution < -0.4 is 0 Å². The minimum atomic E-state index is -0.0229. The van der Waals surface area contributed by atoms with Crippen molar-refractivity contribution >= 4 is 11.8 Å². The maximum absolute atomic E-state index is 10.2. The molecule has 2 nitrogen and oxygen atoms in total. The van der Waals surface area contributed by atoms with Crippen molar-refractivity contribution < 1.29 is 9.52 Å². The van der Waals surface area contributed by atoms with Crippen LogP contribution in [0.5, 0.6) is 0 Å². The molecule has 1 aromatic rings. The molecular formula is C16H16O2S. The molecule has 0 amide bonds. The lowest BCUT2D eigenvalue weighted by atomic mass is 9.74. The van der Waals surface area contributed by atoms with Crippen molar-refractivity contribution in [1.29, 1.82) is 0 Å². The number of aliphatic hydroxyl groups is 1. The molecule has 19 heavy (non-hydrogen) atoms. The highest BCUT2D eigenvalue weighted by molar-refractivity contribution is 8.03. The van der Waals surface area contributed by atoms with E-state index in [0.29, 0.717) is 5.76 Å². The average Bonchev–Trinajstić information content (AvgIpc) is 2.79. The number of aliphatic hydroxyl groups excluding tert-OH is 1. The fourth-order valence-electron chi connectivity index (χ4n) is 2.43. The Morgan fingerprint density at radius 3 is 2.89 bits per heavy atom. The van der Waals surface area contributed by atoms with Crippen molar-refractivity contribution in [3.05, 3.63) is 64.5 Å². The number of rotatable bonds is 2. The fraction of sp³-hybridized carbons (Fsp3) is 0.250. The van der Waals surface area contributed by atoms with E-state index >= 15 is 0 Å². The lowest BCUT2D eigenvalue weighted by Crippen LogP contribution is -2.21. The molecule has 1 atom stereocenters. The van der Waals surface area contributed by atoms with Crippen LogP contribution in [0.15, 0.2) is 68.3 Å². The normalized spacial score (nSPS) is 25.5. The molecule has 1 N–H and O–H groups in total. The van der Waals surface area contributed by atoms with Crippen LogP contribution in [-0.2, 0) is 0 Å². The first-order valence-corrected chi connectivity index (χ1v) is 7.15. The van der Waals surface area contributed by atoms with Crippen LogP contribution in [0.25, 0.3) is 0 Å². The van der Waals surface area contributed by atoms with Gasteiger partial charge in [0.1, 0.15) is 11.5 Å². The number of allylic oxidation sites excluding steroid dienone is 6. The first-order valence-electron chi connectivity index (χ1n) is 6.33. The first kappa shape index (κ1) is 12.4. The maximum Gasteiger partial charge on any atom is 0.165 e. The topological polar surface area (TPSA) is 33.4 Å². The molecule has 0 aliphatic heterocycles. The van der Waals surface area contributed by atoms with Crippen molar-refractivity contribution in [2.24, 2.45) is 5.41 Å². The monoisotopic (exact) mass is 272 g/mol. The summed E-state index contributed by atoms with van der Waals surface area (Å²) >= 11 is 1.49. The van der Waals surface area contributed by atoms with Gasteiger partial charge in [-0.1, -0.05) is 31.2 Å². The lowest BCUT2D eigenvalue weighted by Gasteiger charge is -2.33. The lowest BCUT2D eigenvalue weighted by molar-refractivity contribution is 0.402. The molecule has 0 saturated heterocycles. The van der Waals surface area contributed by atoms with E-state index in [-0.39, 0.29) is 5.41 Å². The molecule has 0 bridgehead atoms. The third-order valence-corrected chi connectivity index (χ3v) is 4.62. The van der Waals surface area contributed by atoms with Gasteiger partial charge in [0.25, 0.3) is 0 Å². The Morgan fingerprint density at radius 2 is 2.16 bits per heavy atom. The Bertz CT molecular complexity index is 631. The maximum atomic E-state index is 10.2. The van der Waals surface area contributed by atoms with Crippen molar-refractivity contribution in [2.45, 2.75) is 25.4 Å². The molecule has 98 valence electrons. The van der Waals surface area contributed by atoms with Gasteiger partial charge < -0.3 is 9.52 Å². The number of thioether (sulfide) groups is 1. The predicted molar refractivity (Wildman–Crippen MR) is 78.0 cm³/mol. The van der Waals surface area contributed by atoms with Gasteiger partial charge in [0.2, 0.25) is 0 Å². The molecule has 3 rings (SSSR count). The van der Waals surface area contributed by atoms with Gasteiger partial charge in [-0.25, -0.2) is 0 Å². The summed E-state index contributed by atoms with van der Waals surface area (Å²) in [5.74, 6) is 1.24. The molecule has 3 heteroatoms. The Kier molecular flexibility index (Phi) is 2.94. The zero-order chi connectivity index (χ0) is 13.5. The van der Waals surface area contributed by atoms with E-state index < -0.39 is 0 Å². The van der Waals surface area contributed by atoms with Crippen molar-refractivity contribution in [3.63, 3.8) is 0 Å². The van der Waals surface area contributed by atoms with Crippen LogP contribution in [0.4, 0.5) is 0 Å². The molecule has 1 heterocycles. The van der Waals surface area contributed by atoms with Gasteiger partial charge in [-0.05, 0) is 48.9 Å². The van der Waals surface area contributed by atoms with Gasteiger partial charge in [0, 0.05) is 5.41 Å². The largest absolute Gasteiger partial charge is 0.507 e. The molecular weight excluding hydrogens is 256 g/mol. The number of fused-ring (bicyclic) bond motifs is 1. The Hall–Kier alpha value is -1.61. The molecule has 0 radical (unpaired) electrons. The van der Waals surface area contributed by atoms with E-state index in [1.807, 2.05) is 31.2 Å². The fourth-order valence-corrected chi connectivity index (χ4v) is 3.54. The summed E-state index contributed by atoms with van der Waals surface area (Å²) in [6.45, 7) is 4.12. The summed E-state index contributed by atoms with van der Waals surface area (Å²) in [5.41, 5.74) is 1.14. The summed E-state index contributed by atoms with van der Waals surface area (Å²) in [6, 6.07) is 3.88. The number of hydrogen-bond acceptors (Lipinski definition) is 3. The van der Waals surface area contributed by atoms with Crippen molar-refractivity contribution in [3.8, 4) is 0 Å². The van der Waals surface area contributed by atoms with E-state index in [2.05, 4.69) is 25.2 Å². The first-order chi connectivity index (χ1) is 9.08. The molecule has 0 saturated carbocycles. The minimum Gasteiger partial charge on any atom is -0.507 e. The predicted octanol–water partition coefficient (Wildman–Crippen LogP) is 4.91. The minimum absolute atomic E-state index is 0.0229. The quantitative estimate of drug-likeness (QED) is 0.830. The van der Waals surface area contributed by atoms with Gasteiger partial charge in [-0.15, -0.1) is 0 Å². The number of aryl methyl sites for hydroxylation is 1. The van der Waals surface area contributed by atoms with E-state index in [9.17, 15) is 5.11 Å². The standard InChI is InChI=1S/C16H16O2S/c1-11-6-7-14(18-11)19-15-12-5-3-4-9-16(12,2)10-8-13(15)17/h3-9,17H,10H2,1-2H3. The van der Waals surface area contributed by atoms with Crippen LogP contribution in [0.2, 0.25) is 0 Å². The molecule has 0 spiro atoms. The molecule has 0 fully saturated rings. The Balaban J connectivity index is 2.03. The third kappa shape index (κ3) is 2.19. The Labute approximate surface area is 117 Å². The van der Waals surface area contributed by atoms with Crippen molar-refractivity contribution in [1.82, 2.24) is 0 Å². The molecule has 2 aliphatic rings. The van der Waals surface area contributed by atoms with Gasteiger partial charge >= 0.3 is 0 Å². The second-order valence-corrected chi connectivity index (χ2v) is 6.15.